The summed E-state index contributed by atoms with van der Waals surface area (Å²) in [4.78, 5) is 12.6. The molecule has 82 valence electrons. The van der Waals surface area contributed by atoms with E-state index in [1.54, 1.807) is 11.8 Å². The molecule has 0 aliphatic carbocycles. The van der Waals surface area contributed by atoms with Gasteiger partial charge in [-0.1, -0.05) is 12.1 Å². The molecule has 1 aromatic rings. The molecule has 2 N–H and O–H groups in total. The number of ether oxygens (including phenoxy) is 1. The summed E-state index contributed by atoms with van der Waals surface area (Å²) in [5.41, 5.74) is 6.45. The Morgan fingerprint density at radius 1 is 1.47 bits per heavy atom. The second-order valence-electron chi connectivity index (χ2n) is 3.08. The quantitative estimate of drug-likeness (QED) is 0.625. The van der Waals surface area contributed by atoms with Gasteiger partial charge in [-0.05, 0) is 24.0 Å². The van der Waals surface area contributed by atoms with Crippen molar-refractivity contribution in [2.75, 3.05) is 19.9 Å². The van der Waals surface area contributed by atoms with Crippen LogP contribution in [-0.2, 0) is 9.53 Å². The first-order chi connectivity index (χ1) is 7.22. The molecule has 0 bridgehead atoms. The molecule has 4 heteroatoms. The first kappa shape index (κ1) is 12.1. The van der Waals surface area contributed by atoms with Gasteiger partial charge in [-0.3, -0.25) is 4.79 Å². The fourth-order valence-corrected chi connectivity index (χ4v) is 1.76. The van der Waals surface area contributed by atoms with Gasteiger partial charge in [0.2, 0.25) is 0 Å². The molecule has 1 atom stereocenters. The highest BCUT2D eigenvalue weighted by Gasteiger charge is 2.19. The van der Waals surface area contributed by atoms with Crippen LogP contribution in [-0.4, -0.2) is 25.9 Å². The number of hydrogen-bond donors (Lipinski definition) is 1. The van der Waals surface area contributed by atoms with E-state index in [1.165, 1.54) is 12.0 Å². The van der Waals surface area contributed by atoms with Crippen molar-refractivity contribution in [3.8, 4) is 0 Å². The van der Waals surface area contributed by atoms with Gasteiger partial charge in [-0.15, -0.1) is 11.8 Å². The Balaban J connectivity index is 2.87. The Bertz CT molecular complexity index is 324. The summed E-state index contributed by atoms with van der Waals surface area (Å²) in [6.45, 7) is 0.269. The summed E-state index contributed by atoms with van der Waals surface area (Å²) in [5, 5.41) is 0. The zero-order valence-electron chi connectivity index (χ0n) is 8.90. The summed E-state index contributed by atoms with van der Waals surface area (Å²) < 4.78 is 4.69. The van der Waals surface area contributed by atoms with Crippen LogP contribution in [0, 0.1) is 0 Å². The molecule has 0 saturated carbocycles. The number of carbonyl (C=O) groups is 1. The van der Waals surface area contributed by atoms with Crippen molar-refractivity contribution in [2.24, 2.45) is 5.73 Å². The standard InChI is InChI=1S/C11H15NO2S/c1-14-11(13)10(7-12)8-3-5-9(15-2)6-4-8/h3-6,10H,7,12H2,1-2H3. The van der Waals surface area contributed by atoms with E-state index < -0.39 is 0 Å². The van der Waals surface area contributed by atoms with E-state index in [4.69, 9.17) is 10.5 Å². The van der Waals surface area contributed by atoms with E-state index in [2.05, 4.69) is 0 Å². The molecule has 3 nitrogen and oxygen atoms in total. The van der Waals surface area contributed by atoms with Gasteiger partial charge < -0.3 is 10.5 Å². The highest BCUT2D eigenvalue weighted by Crippen LogP contribution is 2.20. The third-order valence-corrected chi connectivity index (χ3v) is 2.98. The monoisotopic (exact) mass is 225 g/mol. The fraction of sp³-hybridized carbons (Fsp3) is 0.364. The van der Waals surface area contributed by atoms with Crippen LogP contribution in [0.25, 0.3) is 0 Å². The number of benzene rings is 1. The molecule has 0 heterocycles. The van der Waals surface area contributed by atoms with Crippen molar-refractivity contribution in [3.63, 3.8) is 0 Å². The minimum absolute atomic E-state index is 0.269. The molecule has 0 radical (unpaired) electrons. The van der Waals surface area contributed by atoms with Gasteiger partial charge in [0.25, 0.3) is 0 Å². The number of rotatable bonds is 4. The Morgan fingerprint density at radius 3 is 2.47 bits per heavy atom. The average Bonchev–Trinajstić information content (AvgIpc) is 2.30. The lowest BCUT2D eigenvalue weighted by molar-refractivity contribution is -0.142. The van der Waals surface area contributed by atoms with Crippen molar-refractivity contribution in [1.82, 2.24) is 0 Å². The molecule has 0 aliphatic heterocycles. The second kappa shape index (κ2) is 5.78. The van der Waals surface area contributed by atoms with Gasteiger partial charge in [-0.2, -0.15) is 0 Å². The number of methoxy groups -OCH3 is 1. The lowest BCUT2D eigenvalue weighted by atomic mass is 10.00. The summed E-state index contributed by atoms with van der Waals surface area (Å²) in [5.74, 6) is -0.639. The minimum atomic E-state index is -0.356. The highest BCUT2D eigenvalue weighted by atomic mass is 32.2. The van der Waals surface area contributed by atoms with Gasteiger partial charge in [-0.25, -0.2) is 0 Å². The van der Waals surface area contributed by atoms with Gasteiger partial charge >= 0.3 is 5.97 Å². The van der Waals surface area contributed by atoms with E-state index in [9.17, 15) is 4.79 Å². The normalized spacial score (nSPS) is 12.2. The van der Waals surface area contributed by atoms with E-state index >= 15 is 0 Å². The summed E-state index contributed by atoms with van der Waals surface area (Å²) in [6.07, 6.45) is 2.01. The molecule has 1 unspecified atom stereocenters. The lowest BCUT2D eigenvalue weighted by Gasteiger charge is -2.12. The smallest absolute Gasteiger partial charge is 0.314 e. The molecule has 0 fully saturated rings. The fourth-order valence-electron chi connectivity index (χ4n) is 1.35. The van der Waals surface area contributed by atoms with Crippen LogP contribution in [0.2, 0.25) is 0 Å². The van der Waals surface area contributed by atoms with Crippen LogP contribution in [0.3, 0.4) is 0 Å². The molecule has 0 aromatic heterocycles. The zero-order valence-corrected chi connectivity index (χ0v) is 9.71. The predicted octanol–water partition coefficient (Wildman–Crippen LogP) is 1.62. The number of hydrogen-bond acceptors (Lipinski definition) is 4. The molecular weight excluding hydrogens is 210 g/mol. The molecule has 0 aliphatic rings. The maximum atomic E-state index is 11.4. The first-order valence-corrected chi connectivity index (χ1v) is 5.87. The van der Waals surface area contributed by atoms with Crippen LogP contribution in [0.15, 0.2) is 29.2 Å². The molecule has 0 amide bonds. The molecule has 1 rings (SSSR count). The van der Waals surface area contributed by atoms with Crippen LogP contribution in [0.1, 0.15) is 11.5 Å². The zero-order chi connectivity index (χ0) is 11.3. The van der Waals surface area contributed by atoms with E-state index in [0.717, 1.165) is 5.56 Å². The largest absolute Gasteiger partial charge is 0.469 e. The van der Waals surface area contributed by atoms with Crippen molar-refractivity contribution in [1.29, 1.82) is 0 Å². The highest BCUT2D eigenvalue weighted by molar-refractivity contribution is 7.98. The topological polar surface area (TPSA) is 52.3 Å². The van der Waals surface area contributed by atoms with Crippen LogP contribution in [0.4, 0.5) is 0 Å². The summed E-state index contributed by atoms with van der Waals surface area (Å²) >= 11 is 1.66. The van der Waals surface area contributed by atoms with Crippen molar-refractivity contribution in [2.45, 2.75) is 10.8 Å². The molecule has 0 saturated heterocycles. The molecule has 0 spiro atoms. The molecule has 1 aromatic carbocycles. The molecule has 15 heavy (non-hydrogen) atoms. The molecular formula is C11H15NO2S. The SMILES string of the molecule is COC(=O)C(CN)c1ccc(SC)cc1. The van der Waals surface area contributed by atoms with Crippen molar-refractivity contribution < 1.29 is 9.53 Å². The third-order valence-electron chi connectivity index (χ3n) is 2.24. The number of nitrogens with two attached hydrogens (primary N) is 1. The van der Waals surface area contributed by atoms with Gasteiger partial charge in [0, 0.05) is 11.4 Å². The number of carbonyl (C=O) groups excluding carboxylic acids is 1. The Kier molecular flexibility index (Phi) is 4.65. The van der Waals surface area contributed by atoms with Gasteiger partial charge in [0.1, 0.15) is 0 Å². The van der Waals surface area contributed by atoms with Crippen molar-refractivity contribution in [3.05, 3.63) is 29.8 Å². The van der Waals surface area contributed by atoms with Gasteiger partial charge in [0.15, 0.2) is 0 Å². The minimum Gasteiger partial charge on any atom is -0.469 e. The maximum absolute atomic E-state index is 11.4. The lowest BCUT2D eigenvalue weighted by Crippen LogP contribution is -2.22. The Hall–Kier alpha value is -1.00. The number of thioether (sulfide) groups is 1. The van der Waals surface area contributed by atoms with E-state index in [-0.39, 0.29) is 18.4 Å². The second-order valence-corrected chi connectivity index (χ2v) is 3.96. The number of esters is 1. The Labute approximate surface area is 94.0 Å². The summed E-state index contributed by atoms with van der Waals surface area (Å²) in [6, 6.07) is 7.79. The summed E-state index contributed by atoms with van der Waals surface area (Å²) in [7, 11) is 1.38. The first-order valence-electron chi connectivity index (χ1n) is 4.64. The van der Waals surface area contributed by atoms with Crippen LogP contribution in [0.5, 0.6) is 0 Å². The Morgan fingerprint density at radius 2 is 2.07 bits per heavy atom. The third kappa shape index (κ3) is 2.97. The van der Waals surface area contributed by atoms with Crippen LogP contribution < -0.4 is 5.73 Å². The van der Waals surface area contributed by atoms with Crippen molar-refractivity contribution >= 4 is 17.7 Å². The average molecular weight is 225 g/mol. The maximum Gasteiger partial charge on any atom is 0.314 e. The van der Waals surface area contributed by atoms with Crippen LogP contribution >= 0.6 is 11.8 Å². The van der Waals surface area contributed by atoms with Gasteiger partial charge in [0.05, 0.1) is 13.0 Å². The van der Waals surface area contributed by atoms with E-state index in [0.29, 0.717) is 0 Å². The van der Waals surface area contributed by atoms with E-state index in [1.807, 2.05) is 30.5 Å². The predicted molar refractivity (Wildman–Crippen MR) is 62.0 cm³/mol.